The molecule has 3 saturated heterocycles. The van der Waals surface area contributed by atoms with E-state index in [-0.39, 0.29) is 5.91 Å². The number of carbonyl (C=O) groups excluding carboxylic acids is 1. The van der Waals surface area contributed by atoms with Gasteiger partial charge in [-0.15, -0.1) is 0 Å². The van der Waals surface area contributed by atoms with Crippen LogP contribution in [0.2, 0.25) is 0 Å². The third kappa shape index (κ3) is 2.23. The van der Waals surface area contributed by atoms with E-state index in [0.29, 0.717) is 0 Å². The summed E-state index contributed by atoms with van der Waals surface area (Å²) in [5.41, 5.74) is 0. The van der Waals surface area contributed by atoms with E-state index >= 15 is 0 Å². The number of ether oxygens (including phenoxy) is 5. The highest BCUT2D eigenvalue weighted by atomic mass is 16.9. The molecule has 3 rings (SSSR count). The monoisotopic (exact) mass is 287 g/mol. The summed E-state index contributed by atoms with van der Waals surface area (Å²) in [6, 6.07) is 0. The van der Waals surface area contributed by atoms with E-state index in [2.05, 4.69) is 5.32 Å². The standard InChI is InChI=1S/C13H21NO6/c1-12(2)17-6-7(18-12)9-11(20-13(3,4)19-9)16-8(6)10(15)14-5/h6-9,11H,1-5H3,(H,14,15)/t6-,7-,8+,9+,11-/m0/s1. The summed E-state index contributed by atoms with van der Waals surface area (Å²) in [6.07, 6.45) is -2.72. The molecule has 0 spiro atoms. The molecular formula is C13H21NO6. The number of hydrogen-bond acceptors (Lipinski definition) is 6. The molecule has 3 fully saturated rings. The van der Waals surface area contributed by atoms with Gasteiger partial charge in [0.1, 0.15) is 18.3 Å². The van der Waals surface area contributed by atoms with Crippen LogP contribution in [0.3, 0.4) is 0 Å². The molecule has 3 heterocycles. The summed E-state index contributed by atoms with van der Waals surface area (Å²) in [4.78, 5) is 12.0. The highest BCUT2D eigenvalue weighted by Crippen LogP contribution is 2.44. The maximum absolute atomic E-state index is 12.0. The Bertz CT molecular complexity index is 423. The van der Waals surface area contributed by atoms with Crippen LogP contribution in [0.5, 0.6) is 0 Å². The molecule has 0 aromatic rings. The zero-order valence-electron chi connectivity index (χ0n) is 12.3. The molecule has 0 saturated carbocycles. The highest BCUT2D eigenvalue weighted by Gasteiger charge is 2.61. The molecule has 7 nitrogen and oxygen atoms in total. The second-order valence-corrected chi connectivity index (χ2v) is 6.20. The van der Waals surface area contributed by atoms with Gasteiger partial charge in [-0.05, 0) is 27.7 Å². The maximum atomic E-state index is 12.0. The Kier molecular flexibility index (Phi) is 3.11. The second-order valence-electron chi connectivity index (χ2n) is 6.20. The predicted octanol–water partition coefficient (Wildman–Crippen LogP) is 0.129. The van der Waals surface area contributed by atoms with E-state index in [1.807, 2.05) is 13.8 Å². The molecule has 3 aliphatic rings. The van der Waals surface area contributed by atoms with Crippen molar-refractivity contribution in [2.45, 2.75) is 70.0 Å². The van der Waals surface area contributed by atoms with E-state index in [1.54, 1.807) is 20.9 Å². The van der Waals surface area contributed by atoms with Crippen molar-refractivity contribution in [2.24, 2.45) is 0 Å². The molecule has 0 radical (unpaired) electrons. The smallest absolute Gasteiger partial charge is 0.251 e. The number of nitrogens with one attached hydrogen (secondary N) is 1. The lowest BCUT2D eigenvalue weighted by Gasteiger charge is -2.36. The summed E-state index contributed by atoms with van der Waals surface area (Å²) >= 11 is 0. The van der Waals surface area contributed by atoms with Crippen molar-refractivity contribution in [1.29, 1.82) is 0 Å². The molecule has 114 valence electrons. The van der Waals surface area contributed by atoms with Gasteiger partial charge >= 0.3 is 0 Å². The molecule has 7 heteroatoms. The Balaban J connectivity index is 1.90. The van der Waals surface area contributed by atoms with Crippen molar-refractivity contribution >= 4 is 5.91 Å². The van der Waals surface area contributed by atoms with Crippen LogP contribution in [0.15, 0.2) is 0 Å². The van der Waals surface area contributed by atoms with Crippen LogP contribution in [-0.2, 0) is 28.5 Å². The molecule has 0 aromatic carbocycles. The number of likely N-dealkylation sites (N-methyl/N-ethyl adjacent to an activating group) is 1. The second kappa shape index (κ2) is 4.38. The maximum Gasteiger partial charge on any atom is 0.251 e. The lowest BCUT2D eigenvalue weighted by atomic mass is 9.98. The minimum absolute atomic E-state index is 0.256. The number of fused-ring (bicyclic) bond motifs is 3. The minimum atomic E-state index is -0.782. The fraction of sp³-hybridized carbons (Fsp3) is 0.923. The van der Waals surface area contributed by atoms with Crippen LogP contribution in [0.4, 0.5) is 0 Å². The van der Waals surface area contributed by atoms with Crippen LogP contribution >= 0.6 is 0 Å². The van der Waals surface area contributed by atoms with Crippen molar-refractivity contribution in [3.63, 3.8) is 0 Å². The van der Waals surface area contributed by atoms with Gasteiger partial charge in [0.2, 0.25) is 0 Å². The van der Waals surface area contributed by atoms with Gasteiger partial charge < -0.3 is 29.0 Å². The zero-order valence-corrected chi connectivity index (χ0v) is 12.3. The number of amides is 1. The molecule has 1 amide bonds. The first kappa shape index (κ1) is 14.2. The van der Waals surface area contributed by atoms with E-state index in [1.165, 1.54) is 0 Å². The van der Waals surface area contributed by atoms with Crippen LogP contribution in [0, 0.1) is 0 Å². The molecule has 1 N–H and O–H groups in total. The van der Waals surface area contributed by atoms with Gasteiger partial charge in [0.05, 0.1) is 0 Å². The van der Waals surface area contributed by atoms with Gasteiger partial charge in [-0.2, -0.15) is 0 Å². The van der Waals surface area contributed by atoms with Crippen molar-refractivity contribution in [3.05, 3.63) is 0 Å². The van der Waals surface area contributed by atoms with Crippen LogP contribution in [0.25, 0.3) is 0 Å². The third-order valence-electron chi connectivity index (χ3n) is 3.66. The first-order valence-electron chi connectivity index (χ1n) is 6.81. The highest BCUT2D eigenvalue weighted by molar-refractivity contribution is 5.81. The summed E-state index contributed by atoms with van der Waals surface area (Å²) < 4.78 is 29.0. The molecule has 0 aliphatic carbocycles. The van der Waals surface area contributed by atoms with Gasteiger partial charge in [-0.3, -0.25) is 4.79 Å². The predicted molar refractivity (Wildman–Crippen MR) is 66.6 cm³/mol. The largest absolute Gasteiger partial charge is 0.357 e. The van der Waals surface area contributed by atoms with Gasteiger partial charge in [0.25, 0.3) is 5.91 Å². The average Bonchev–Trinajstić information content (AvgIpc) is 2.81. The van der Waals surface area contributed by atoms with Crippen molar-refractivity contribution < 1.29 is 28.5 Å². The number of carbonyl (C=O) groups is 1. The first-order chi connectivity index (χ1) is 9.22. The zero-order chi connectivity index (χ0) is 14.7. The molecule has 20 heavy (non-hydrogen) atoms. The summed E-state index contributed by atoms with van der Waals surface area (Å²) in [6.45, 7) is 7.23. The number of rotatable bonds is 1. The third-order valence-corrected chi connectivity index (χ3v) is 3.66. The van der Waals surface area contributed by atoms with E-state index in [9.17, 15) is 4.79 Å². The van der Waals surface area contributed by atoms with Gasteiger partial charge in [-0.1, -0.05) is 0 Å². The lowest BCUT2D eigenvalue weighted by Crippen LogP contribution is -2.59. The van der Waals surface area contributed by atoms with Crippen molar-refractivity contribution in [1.82, 2.24) is 5.32 Å². The fourth-order valence-electron chi connectivity index (χ4n) is 2.97. The van der Waals surface area contributed by atoms with Gasteiger partial charge in [-0.25, -0.2) is 0 Å². The minimum Gasteiger partial charge on any atom is -0.357 e. The molecule has 0 unspecified atom stereocenters. The Morgan fingerprint density at radius 1 is 0.900 bits per heavy atom. The normalized spacial score (nSPS) is 44.8. The lowest BCUT2D eigenvalue weighted by molar-refractivity contribution is -0.231. The first-order valence-corrected chi connectivity index (χ1v) is 6.81. The summed E-state index contributed by atoms with van der Waals surface area (Å²) in [5, 5.41) is 2.58. The molecule has 0 aromatic heterocycles. The summed E-state index contributed by atoms with van der Waals surface area (Å²) in [7, 11) is 1.56. The van der Waals surface area contributed by atoms with Crippen LogP contribution < -0.4 is 5.32 Å². The van der Waals surface area contributed by atoms with Crippen molar-refractivity contribution in [3.8, 4) is 0 Å². The SMILES string of the molecule is CNC(=O)[C@@H]1O[C@H]2OC(C)(C)O[C@@H]2[C@H]2OC(C)(C)O[C@@H]21. The van der Waals surface area contributed by atoms with Gasteiger partial charge in [0.15, 0.2) is 24.0 Å². The van der Waals surface area contributed by atoms with Crippen LogP contribution in [-0.4, -0.2) is 55.2 Å². The molecule has 5 atom stereocenters. The van der Waals surface area contributed by atoms with Gasteiger partial charge in [0, 0.05) is 7.05 Å². The van der Waals surface area contributed by atoms with Crippen molar-refractivity contribution in [2.75, 3.05) is 7.05 Å². The quantitative estimate of drug-likeness (QED) is 0.739. The van der Waals surface area contributed by atoms with Crippen LogP contribution in [0.1, 0.15) is 27.7 Å². The molecular weight excluding hydrogens is 266 g/mol. The average molecular weight is 287 g/mol. The Hall–Kier alpha value is -0.730. The van der Waals surface area contributed by atoms with E-state index in [0.717, 1.165) is 0 Å². The molecule has 3 aliphatic heterocycles. The number of hydrogen-bond donors (Lipinski definition) is 1. The van der Waals surface area contributed by atoms with E-state index in [4.69, 9.17) is 23.7 Å². The Morgan fingerprint density at radius 3 is 2.10 bits per heavy atom. The Labute approximate surface area is 117 Å². The fourth-order valence-corrected chi connectivity index (χ4v) is 2.97. The summed E-state index contributed by atoms with van der Waals surface area (Å²) in [5.74, 6) is -1.81. The topological polar surface area (TPSA) is 75.3 Å². The Morgan fingerprint density at radius 2 is 1.45 bits per heavy atom. The molecule has 0 bridgehead atoms. The van der Waals surface area contributed by atoms with E-state index < -0.39 is 42.3 Å².